The summed E-state index contributed by atoms with van der Waals surface area (Å²) in [6, 6.07) is 5.64. The third-order valence-electron chi connectivity index (χ3n) is 3.30. The average molecular weight is 269 g/mol. The number of hydrogen-bond donors (Lipinski definition) is 1. The van der Waals surface area contributed by atoms with Crippen molar-refractivity contribution in [2.24, 2.45) is 5.73 Å². The fourth-order valence-electron chi connectivity index (χ4n) is 2.30. The highest BCUT2D eigenvalue weighted by atomic mass is 32.2. The van der Waals surface area contributed by atoms with Gasteiger partial charge in [-0.15, -0.1) is 0 Å². The Bertz CT molecular complexity index is 536. The fraction of sp³-hybridized carbons (Fsp3) is 0.500. The summed E-state index contributed by atoms with van der Waals surface area (Å²) in [5.41, 5.74) is 8.44. The van der Waals surface area contributed by atoms with Gasteiger partial charge in [0.2, 0.25) is 0 Å². The molecule has 100 valence electrons. The molecule has 0 saturated carbocycles. The topological polar surface area (TPSA) is 66.6 Å². The Labute approximate surface area is 108 Å². The molecule has 1 saturated heterocycles. The summed E-state index contributed by atoms with van der Waals surface area (Å²) in [7, 11) is -1.85. The summed E-state index contributed by atoms with van der Waals surface area (Å²) < 4.78 is 27.3. The van der Waals surface area contributed by atoms with Gasteiger partial charge in [-0.25, -0.2) is 0 Å². The summed E-state index contributed by atoms with van der Waals surface area (Å²) in [5, 5.41) is 0. The number of nitrogens with two attached hydrogens (primary N) is 1. The predicted octanol–water partition coefficient (Wildman–Crippen LogP) is 0.627. The summed E-state index contributed by atoms with van der Waals surface area (Å²) in [6.45, 7) is 4.67. The Morgan fingerprint density at radius 1 is 1.28 bits per heavy atom. The molecule has 1 aliphatic rings. The lowest BCUT2D eigenvalue weighted by Gasteiger charge is -2.19. The van der Waals surface area contributed by atoms with Gasteiger partial charge in [0.1, 0.15) is 0 Å². The molecule has 2 rings (SSSR count). The Morgan fingerprint density at radius 3 is 2.28 bits per heavy atom. The monoisotopic (exact) mass is 269 g/mol. The lowest BCUT2D eigenvalue weighted by molar-refractivity contribution is 0.417. The van der Waals surface area contributed by atoms with Gasteiger partial charge >= 0.3 is 10.2 Å². The van der Waals surface area contributed by atoms with Gasteiger partial charge in [0.05, 0.1) is 18.3 Å². The van der Waals surface area contributed by atoms with Gasteiger partial charge in [-0.2, -0.15) is 12.7 Å². The van der Waals surface area contributed by atoms with Crippen molar-refractivity contribution in [2.75, 3.05) is 24.4 Å². The Kier molecular flexibility index (Phi) is 3.35. The molecule has 2 N–H and O–H groups in total. The zero-order valence-electron chi connectivity index (χ0n) is 10.9. The minimum atomic E-state index is -3.43. The van der Waals surface area contributed by atoms with E-state index in [0.29, 0.717) is 13.1 Å². The average Bonchev–Trinajstić information content (AvgIpc) is 2.49. The summed E-state index contributed by atoms with van der Waals surface area (Å²) >= 11 is 0. The van der Waals surface area contributed by atoms with Crippen LogP contribution in [-0.2, 0) is 10.2 Å². The molecule has 0 aromatic heterocycles. The van der Waals surface area contributed by atoms with Gasteiger partial charge in [0.25, 0.3) is 0 Å². The number of anilines is 1. The van der Waals surface area contributed by atoms with Crippen LogP contribution in [0.5, 0.6) is 0 Å². The second kappa shape index (κ2) is 4.53. The van der Waals surface area contributed by atoms with Crippen LogP contribution in [0.15, 0.2) is 18.2 Å². The second-order valence-electron chi connectivity index (χ2n) is 4.79. The largest absolute Gasteiger partial charge is 0.329 e. The molecule has 0 aliphatic carbocycles. The number of rotatable bonds is 2. The number of benzene rings is 1. The predicted molar refractivity (Wildman–Crippen MR) is 72.8 cm³/mol. The summed E-state index contributed by atoms with van der Waals surface area (Å²) in [5.74, 6) is 0. The highest BCUT2D eigenvalue weighted by molar-refractivity contribution is 7.90. The molecule has 1 atom stereocenters. The van der Waals surface area contributed by atoms with E-state index in [9.17, 15) is 8.42 Å². The van der Waals surface area contributed by atoms with Crippen LogP contribution in [0.3, 0.4) is 0 Å². The third-order valence-corrected chi connectivity index (χ3v) is 5.24. The molecule has 18 heavy (non-hydrogen) atoms. The molecule has 1 heterocycles. The van der Waals surface area contributed by atoms with Crippen molar-refractivity contribution < 1.29 is 8.42 Å². The summed E-state index contributed by atoms with van der Waals surface area (Å²) in [6.07, 6.45) is 0. The molecule has 1 aliphatic heterocycles. The van der Waals surface area contributed by atoms with E-state index < -0.39 is 10.2 Å². The van der Waals surface area contributed by atoms with Crippen molar-refractivity contribution in [3.8, 4) is 0 Å². The number of hydrogen-bond acceptors (Lipinski definition) is 3. The minimum Gasteiger partial charge on any atom is -0.329 e. The van der Waals surface area contributed by atoms with E-state index in [1.807, 2.05) is 32.0 Å². The van der Waals surface area contributed by atoms with Gasteiger partial charge in [0, 0.05) is 13.6 Å². The first-order chi connectivity index (χ1) is 8.36. The van der Waals surface area contributed by atoms with Crippen molar-refractivity contribution in [1.29, 1.82) is 0 Å². The lowest BCUT2D eigenvalue weighted by atomic mass is 10.1. The van der Waals surface area contributed by atoms with E-state index in [-0.39, 0.29) is 6.04 Å². The minimum absolute atomic E-state index is 0.157. The smallest absolute Gasteiger partial charge is 0.304 e. The normalized spacial score (nSPS) is 23.6. The van der Waals surface area contributed by atoms with Crippen LogP contribution in [0.25, 0.3) is 0 Å². The van der Waals surface area contributed by atoms with Crippen LogP contribution >= 0.6 is 0 Å². The van der Waals surface area contributed by atoms with Crippen molar-refractivity contribution >= 4 is 15.9 Å². The SMILES string of the molecule is Cc1cc(C)cc(N2CC(CN)N(C)S2(=O)=O)c1. The molecule has 1 aromatic carbocycles. The number of nitrogens with zero attached hydrogens (tertiary/aromatic N) is 2. The molecule has 1 fully saturated rings. The van der Waals surface area contributed by atoms with Gasteiger partial charge in [0.15, 0.2) is 0 Å². The van der Waals surface area contributed by atoms with E-state index in [0.717, 1.165) is 16.8 Å². The third kappa shape index (κ3) is 2.11. The second-order valence-corrected chi connectivity index (χ2v) is 6.70. The molecule has 0 radical (unpaired) electrons. The Balaban J connectivity index is 2.45. The number of aryl methyl sites for hydroxylation is 2. The quantitative estimate of drug-likeness (QED) is 0.856. The van der Waals surface area contributed by atoms with E-state index >= 15 is 0 Å². The van der Waals surface area contributed by atoms with Gasteiger partial charge in [-0.3, -0.25) is 4.31 Å². The van der Waals surface area contributed by atoms with Crippen molar-refractivity contribution in [3.05, 3.63) is 29.3 Å². The van der Waals surface area contributed by atoms with Crippen molar-refractivity contribution in [1.82, 2.24) is 4.31 Å². The van der Waals surface area contributed by atoms with Crippen LogP contribution in [-0.4, -0.2) is 38.9 Å². The molecule has 6 heteroatoms. The van der Waals surface area contributed by atoms with Crippen LogP contribution < -0.4 is 10.0 Å². The first kappa shape index (κ1) is 13.3. The van der Waals surface area contributed by atoms with Gasteiger partial charge in [-0.1, -0.05) is 6.07 Å². The Morgan fingerprint density at radius 2 is 1.83 bits per heavy atom. The summed E-state index contributed by atoms with van der Waals surface area (Å²) in [4.78, 5) is 0. The van der Waals surface area contributed by atoms with Crippen LogP contribution in [0.4, 0.5) is 5.69 Å². The highest BCUT2D eigenvalue weighted by Gasteiger charge is 2.40. The standard InChI is InChI=1S/C12H19N3O2S/c1-9-4-10(2)6-11(5-9)15-8-12(7-13)14(3)18(15,16)17/h4-6,12H,7-8,13H2,1-3H3. The van der Waals surface area contributed by atoms with E-state index in [1.54, 1.807) is 7.05 Å². The van der Waals surface area contributed by atoms with Gasteiger partial charge < -0.3 is 5.73 Å². The lowest BCUT2D eigenvalue weighted by Crippen LogP contribution is -2.36. The zero-order chi connectivity index (χ0) is 13.5. The van der Waals surface area contributed by atoms with E-state index in [1.165, 1.54) is 8.61 Å². The molecular weight excluding hydrogens is 250 g/mol. The molecule has 0 amide bonds. The van der Waals surface area contributed by atoms with Crippen LogP contribution in [0.1, 0.15) is 11.1 Å². The zero-order valence-corrected chi connectivity index (χ0v) is 11.7. The first-order valence-electron chi connectivity index (χ1n) is 5.90. The number of likely N-dealkylation sites (N-methyl/N-ethyl adjacent to an activating group) is 1. The van der Waals surface area contributed by atoms with E-state index in [4.69, 9.17) is 5.73 Å². The van der Waals surface area contributed by atoms with Crippen molar-refractivity contribution in [2.45, 2.75) is 19.9 Å². The first-order valence-corrected chi connectivity index (χ1v) is 7.30. The van der Waals surface area contributed by atoms with Gasteiger partial charge in [-0.05, 0) is 37.1 Å². The molecule has 0 spiro atoms. The Hall–Kier alpha value is -1.11. The van der Waals surface area contributed by atoms with Crippen LogP contribution in [0.2, 0.25) is 0 Å². The maximum Gasteiger partial charge on any atom is 0.304 e. The van der Waals surface area contributed by atoms with Crippen molar-refractivity contribution in [3.63, 3.8) is 0 Å². The molecule has 0 bridgehead atoms. The van der Waals surface area contributed by atoms with Crippen LogP contribution in [0, 0.1) is 13.8 Å². The maximum atomic E-state index is 12.3. The maximum absolute atomic E-state index is 12.3. The molecule has 5 nitrogen and oxygen atoms in total. The van der Waals surface area contributed by atoms with E-state index in [2.05, 4.69) is 0 Å². The molecular formula is C12H19N3O2S. The highest BCUT2D eigenvalue weighted by Crippen LogP contribution is 2.28. The fourth-order valence-corrected chi connectivity index (χ4v) is 3.87. The molecule has 1 unspecified atom stereocenters. The molecule has 1 aromatic rings.